The third-order valence-electron chi connectivity index (χ3n) is 3.99. The van der Waals surface area contributed by atoms with E-state index in [0.29, 0.717) is 17.4 Å². The average Bonchev–Trinajstić information content (AvgIpc) is 3.31. The minimum atomic E-state index is -0.547. The fourth-order valence-electron chi connectivity index (χ4n) is 2.67. The number of urea groups is 1. The van der Waals surface area contributed by atoms with E-state index in [4.69, 9.17) is 0 Å². The van der Waals surface area contributed by atoms with Crippen molar-refractivity contribution in [2.75, 3.05) is 11.1 Å². The third-order valence-corrected chi connectivity index (χ3v) is 5.82. The van der Waals surface area contributed by atoms with Crippen LogP contribution in [0.2, 0.25) is 0 Å². The number of rotatable bonds is 6. The monoisotopic (exact) mass is 415 g/mol. The second-order valence-corrected chi connectivity index (χ2v) is 8.03. The quantitative estimate of drug-likeness (QED) is 0.592. The van der Waals surface area contributed by atoms with E-state index in [0.717, 1.165) is 21.8 Å². The van der Waals surface area contributed by atoms with Crippen LogP contribution in [0, 0.1) is 13.8 Å². The Labute approximate surface area is 171 Å². The topological polar surface area (TPSA) is 88.9 Å². The Morgan fingerprint density at radius 1 is 1.21 bits per heavy atom. The van der Waals surface area contributed by atoms with Gasteiger partial charge in [-0.15, -0.1) is 21.5 Å². The first-order valence-corrected chi connectivity index (χ1v) is 10.6. The predicted octanol–water partition coefficient (Wildman–Crippen LogP) is 4.08. The van der Waals surface area contributed by atoms with Crippen LogP contribution in [0.25, 0.3) is 10.7 Å². The van der Waals surface area contributed by atoms with Gasteiger partial charge in [-0.25, -0.2) is 4.79 Å². The van der Waals surface area contributed by atoms with Crippen LogP contribution in [0.1, 0.15) is 18.1 Å². The average molecular weight is 416 g/mol. The highest BCUT2D eigenvalue weighted by Gasteiger charge is 2.16. The Balaban J connectivity index is 1.56. The molecule has 28 heavy (non-hydrogen) atoms. The number of benzene rings is 1. The van der Waals surface area contributed by atoms with Gasteiger partial charge in [0.05, 0.1) is 10.6 Å². The molecule has 3 rings (SSSR count). The van der Waals surface area contributed by atoms with Crippen molar-refractivity contribution in [1.29, 1.82) is 0 Å². The highest BCUT2D eigenvalue weighted by Crippen LogP contribution is 2.27. The van der Waals surface area contributed by atoms with Gasteiger partial charge in [0.2, 0.25) is 5.91 Å². The number of thioether (sulfide) groups is 1. The fourth-order valence-corrected chi connectivity index (χ4v) is 4.19. The van der Waals surface area contributed by atoms with E-state index in [1.54, 1.807) is 11.3 Å². The Hall–Kier alpha value is -2.65. The molecule has 0 spiro atoms. The van der Waals surface area contributed by atoms with E-state index in [9.17, 15) is 9.59 Å². The number of amides is 3. The first-order chi connectivity index (χ1) is 13.5. The van der Waals surface area contributed by atoms with E-state index in [1.807, 2.05) is 61.1 Å². The van der Waals surface area contributed by atoms with Gasteiger partial charge in [-0.05, 0) is 43.8 Å². The van der Waals surface area contributed by atoms with Crippen molar-refractivity contribution in [3.05, 3.63) is 46.8 Å². The molecule has 0 aliphatic rings. The fraction of sp³-hybridized carbons (Fsp3) is 0.263. The predicted molar refractivity (Wildman–Crippen MR) is 113 cm³/mol. The lowest BCUT2D eigenvalue weighted by Crippen LogP contribution is -2.35. The van der Waals surface area contributed by atoms with E-state index in [-0.39, 0.29) is 5.75 Å². The van der Waals surface area contributed by atoms with Crippen molar-refractivity contribution in [2.24, 2.45) is 0 Å². The molecular formula is C19H21N5O2S2. The molecule has 0 radical (unpaired) electrons. The summed E-state index contributed by atoms with van der Waals surface area (Å²) in [5.41, 5.74) is 2.72. The van der Waals surface area contributed by atoms with Gasteiger partial charge in [0.15, 0.2) is 11.0 Å². The van der Waals surface area contributed by atoms with Crippen molar-refractivity contribution in [1.82, 2.24) is 20.1 Å². The largest absolute Gasteiger partial charge is 0.325 e. The number of anilines is 1. The van der Waals surface area contributed by atoms with Crippen LogP contribution in [-0.2, 0) is 11.3 Å². The maximum absolute atomic E-state index is 12.1. The van der Waals surface area contributed by atoms with Gasteiger partial charge in [-0.2, -0.15) is 0 Å². The molecule has 1 aromatic carbocycles. The minimum absolute atomic E-state index is 0.0723. The summed E-state index contributed by atoms with van der Waals surface area (Å²) in [7, 11) is 0. The number of aromatic nitrogens is 3. The van der Waals surface area contributed by atoms with E-state index >= 15 is 0 Å². The van der Waals surface area contributed by atoms with E-state index in [1.165, 1.54) is 11.8 Å². The summed E-state index contributed by atoms with van der Waals surface area (Å²) in [4.78, 5) is 25.2. The second-order valence-electron chi connectivity index (χ2n) is 6.14. The maximum Gasteiger partial charge on any atom is 0.325 e. The van der Waals surface area contributed by atoms with Gasteiger partial charge in [0.1, 0.15) is 0 Å². The Morgan fingerprint density at radius 3 is 2.71 bits per heavy atom. The number of thiophene rings is 1. The van der Waals surface area contributed by atoms with Crippen LogP contribution in [0.5, 0.6) is 0 Å². The first-order valence-electron chi connectivity index (χ1n) is 8.76. The lowest BCUT2D eigenvalue weighted by atomic mass is 10.1. The molecule has 0 fully saturated rings. The van der Waals surface area contributed by atoms with Crippen molar-refractivity contribution in [3.63, 3.8) is 0 Å². The molecule has 146 valence electrons. The van der Waals surface area contributed by atoms with Gasteiger partial charge in [0.25, 0.3) is 0 Å². The summed E-state index contributed by atoms with van der Waals surface area (Å²) in [6.07, 6.45) is 0. The smallest absolute Gasteiger partial charge is 0.307 e. The van der Waals surface area contributed by atoms with Crippen molar-refractivity contribution >= 4 is 40.7 Å². The molecule has 0 aliphatic carbocycles. The summed E-state index contributed by atoms with van der Waals surface area (Å²) in [5.74, 6) is 0.465. The van der Waals surface area contributed by atoms with Crippen molar-refractivity contribution < 1.29 is 9.59 Å². The highest BCUT2D eigenvalue weighted by atomic mass is 32.2. The van der Waals surface area contributed by atoms with Crippen LogP contribution in [-0.4, -0.2) is 32.5 Å². The zero-order valence-electron chi connectivity index (χ0n) is 15.9. The number of imide groups is 1. The normalized spacial score (nSPS) is 10.7. The zero-order valence-corrected chi connectivity index (χ0v) is 17.5. The second kappa shape index (κ2) is 9.03. The Kier molecular flexibility index (Phi) is 6.48. The van der Waals surface area contributed by atoms with Crippen molar-refractivity contribution in [2.45, 2.75) is 32.5 Å². The third kappa shape index (κ3) is 4.79. The standard InChI is InChI=1S/C19H21N5O2S2/c1-4-24-17(15-6-5-9-27-15)22-23-19(24)28-11-16(25)21-18(26)20-14-8-7-12(2)10-13(14)3/h5-10H,4,11H2,1-3H3,(H2,20,21,25,26). The van der Waals surface area contributed by atoms with Crippen LogP contribution >= 0.6 is 23.1 Å². The molecule has 2 heterocycles. The van der Waals surface area contributed by atoms with Crippen LogP contribution in [0.3, 0.4) is 0 Å². The van der Waals surface area contributed by atoms with Gasteiger partial charge in [-0.3, -0.25) is 10.1 Å². The minimum Gasteiger partial charge on any atom is -0.307 e. The van der Waals surface area contributed by atoms with Crippen LogP contribution < -0.4 is 10.6 Å². The van der Waals surface area contributed by atoms with Crippen LogP contribution in [0.15, 0.2) is 40.9 Å². The van der Waals surface area contributed by atoms with Crippen LogP contribution in [0.4, 0.5) is 10.5 Å². The molecule has 9 heteroatoms. The van der Waals surface area contributed by atoms with Crippen molar-refractivity contribution in [3.8, 4) is 10.7 Å². The first kappa shape index (κ1) is 20.1. The molecular weight excluding hydrogens is 394 g/mol. The molecule has 0 aliphatic heterocycles. The molecule has 0 saturated heterocycles. The summed E-state index contributed by atoms with van der Waals surface area (Å²) in [6.45, 7) is 6.58. The number of carbonyl (C=O) groups is 2. The molecule has 3 amide bonds. The van der Waals surface area contributed by atoms with E-state index < -0.39 is 11.9 Å². The summed E-state index contributed by atoms with van der Waals surface area (Å²) < 4.78 is 1.96. The summed E-state index contributed by atoms with van der Waals surface area (Å²) in [5, 5.41) is 16.1. The van der Waals surface area contributed by atoms with Gasteiger partial charge in [-0.1, -0.05) is 35.5 Å². The highest BCUT2D eigenvalue weighted by molar-refractivity contribution is 7.99. The SMILES string of the molecule is CCn1c(SCC(=O)NC(=O)Nc2ccc(C)cc2C)nnc1-c1cccs1. The molecule has 0 unspecified atom stereocenters. The van der Waals surface area contributed by atoms with Gasteiger partial charge >= 0.3 is 6.03 Å². The lowest BCUT2D eigenvalue weighted by Gasteiger charge is -2.10. The molecule has 2 N–H and O–H groups in total. The number of carbonyl (C=O) groups excluding carboxylic acids is 2. The van der Waals surface area contributed by atoms with Gasteiger partial charge < -0.3 is 9.88 Å². The number of nitrogens with one attached hydrogen (secondary N) is 2. The molecule has 2 aromatic heterocycles. The molecule has 3 aromatic rings. The Bertz CT molecular complexity index is 982. The molecule has 0 atom stereocenters. The number of hydrogen-bond acceptors (Lipinski definition) is 6. The zero-order chi connectivity index (χ0) is 20.1. The Morgan fingerprint density at radius 2 is 2.04 bits per heavy atom. The summed E-state index contributed by atoms with van der Waals surface area (Å²) >= 11 is 2.84. The van der Waals surface area contributed by atoms with E-state index in [2.05, 4.69) is 20.8 Å². The summed E-state index contributed by atoms with van der Waals surface area (Å²) in [6, 6.07) is 9.09. The van der Waals surface area contributed by atoms with Gasteiger partial charge in [0, 0.05) is 12.2 Å². The lowest BCUT2D eigenvalue weighted by molar-refractivity contribution is -0.117. The number of aryl methyl sites for hydroxylation is 2. The number of nitrogens with zero attached hydrogens (tertiary/aromatic N) is 3. The molecule has 0 saturated carbocycles. The molecule has 7 nitrogen and oxygen atoms in total. The maximum atomic E-state index is 12.1. The number of hydrogen-bond donors (Lipinski definition) is 2. The molecule has 0 bridgehead atoms.